The van der Waals surface area contributed by atoms with E-state index in [0.29, 0.717) is 26.2 Å². The van der Waals surface area contributed by atoms with Gasteiger partial charge in [0.1, 0.15) is 5.75 Å². The number of benzene rings is 2. The molecular formula is C20H24N2O5. The van der Waals surface area contributed by atoms with Crippen LogP contribution in [0.25, 0.3) is 0 Å². The maximum atomic E-state index is 11.2. The summed E-state index contributed by atoms with van der Waals surface area (Å²) in [5.74, 6) is -1.76. The van der Waals surface area contributed by atoms with Crippen LogP contribution in [0.1, 0.15) is 11.1 Å². The van der Waals surface area contributed by atoms with Gasteiger partial charge in [0.15, 0.2) is 0 Å². The Balaban J connectivity index is 2.02. The molecule has 0 unspecified atom stereocenters. The van der Waals surface area contributed by atoms with E-state index in [1.165, 1.54) is 0 Å². The van der Waals surface area contributed by atoms with Crippen LogP contribution in [-0.4, -0.2) is 63.2 Å². The predicted octanol–water partition coefficient (Wildman–Crippen LogP) is 1.87. The Kier molecular flexibility index (Phi) is 7.79. The number of carboxylic acid groups (broad SMARTS) is 2. The van der Waals surface area contributed by atoms with E-state index in [1.807, 2.05) is 36.4 Å². The zero-order valence-electron chi connectivity index (χ0n) is 15.0. The quantitative estimate of drug-likeness (QED) is 0.553. The summed E-state index contributed by atoms with van der Waals surface area (Å²) < 4.78 is 0. The van der Waals surface area contributed by atoms with Crippen LogP contribution < -0.4 is 0 Å². The molecule has 0 aromatic heterocycles. The van der Waals surface area contributed by atoms with Crippen molar-refractivity contribution in [3.05, 3.63) is 65.7 Å². The van der Waals surface area contributed by atoms with Gasteiger partial charge in [0.25, 0.3) is 0 Å². The topological polar surface area (TPSA) is 101 Å². The molecule has 144 valence electrons. The first-order chi connectivity index (χ1) is 12.9. The number of nitrogens with zero attached hydrogens (tertiary/aromatic N) is 2. The summed E-state index contributed by atoms with van der Waals surface area (Å²) in [4.78, 5) is 25.8. The summed E-state index contributed by atoms with van der Waals surface area (Å²) in [6, 6.07) is 16.2. The fourth-order valence-electron chi connectivity index (χ4n) is 2.85. The van der Waals surface area contributed by atoms with Crippen molar-refractivity contribution in [2.45, 2.75) is 13.1 Å². The third kappa shape index (κ3) is 7.89. The van der Waals surface area contributed by atoms with E-state index in [0.717, 1.165) is 11.1 Å². The van der Waals surface area contributed by atoms with Gasteiger partial charge in [-0.25, -0.2) is 0 Å². The van der Waals surface area contributed by atoms with Crippen LogP contribution in [0.15, 0.2) is 54.6 Å². The molecule has 0 amide bonds. The van der Waals surface area contributed by atoms with Crippen molar-refractivity contribution >= 4 is 11.9 Å². The van der Waals surface area contributed by atoms with E-state index in [2.05, 4.69) is 0 Å². The van der Waals surface area contributed by atoms with Crippen molar-refractivity contribution in [1.29, 1.82) is 0 Å². The Morgan fingerprint density at radius 2 is 1.26 bits per heavy atom. The molecule has 0 heterocycles. The second kappa shape index (κ2) is 10.3. The molecule has 0 spiro atoms. The van der Waals surface area contributed by atoms with Gasteiger partial charge in [0.2, 0.25) is 0 Å². The Morgan fingerprint density at radius 1 is 0.741 bits per heavy atom. The number of aromatic hydroxyl groups is 1. The average Bonchev–Trinajstić information content (AvgIpc) is 2.59. The van der Waals surface area contributed by atoms with E-state index in [-0.39, 0.29) is 18.8 Å². The highest BCUT2D eigenvalue weighted by Gasteiger charge is 2.15. The second-order valence-corrected chi connectivity index (χ2v) is 6.36. The molecule has 0 radical (unpaired) electrons. The lowest BCUT2D eigenvalue weighted by molar-refractivity contribution is -0.140. The van der Waals surface area contributed by atoms with Gasteiger partial charge in [0.05, 0.1) is 13.1 Å². The lowest BCUT2D eigenvalue weighted by atomic mass is 10.2. The zero-order valence-corrected chi connectivity index (χ0v) is 15.0. The number of phenolic OH excluding ortho intramolecular Hbond substituents is 1. The minimum Gasteiger partial charge on any atom is -0.508 e. The Bertz CT molecular complexity index is 751. The van der Waals surface area contributed by atoms with Crippen molar-refractivity contribution < 1.29 is 24.9 Å². The largest absolute Gasteiger partial charge is 0.508 e. The highest BCUT2D eigenvalue weighted by molar-refractivity contribution is 5.69. The van der Waals surface area contributed by atoms with Gasteiger partial charge < -0.3 is 15.3 Å². The average molecular weight is 372 g/mol. The van der Waals surface area contributed by atoms with Crippen LogP contribution in [0.5, 0.6) is 5.75 Å². The number of carbonyl (C=O) groups is 2. The first kappa shape index (κ1) is 20.4. The number of phenols is 1. The number of rotatable bonds is 11. The fourth-order valence-corrected chi connectivity index (χ4v) is 2.85. The molecule has 2 rings (SSSR count). The van der Waals surface area contributed by atoms with Gasteiger partial charge in [-0.1, -0.05) is 42.5 Å². The van der Waals surface area contributed by atoms with Crippen molar-refractivity contribution in [2.24, 2.45) is 0 Å². The summed E-state index contributed by atoms with van der Waals surface area (Å²) in [6.45, 7) is 1.34. The minimum atomic E-state index is -0.956. The molecule has 0 aliphatic rings. The first-order valence-electron chi connectivity index (χ1n) is 8.62. The predicted molar refractivity (Wildman–Crippen MR) is 100 cm³/mol. The molecule has 0 aliphatic heterocycles. The smallest absolute Gasteiger partial charge is 0.317 e. The molecule has 0 saturated heterocycles. The lowest BCUT2D eigenvalue weighted by Gasteiger charge is -2.26. The van der Waals surface area contributed by atoms with E-state index in [4.69, 9.17) is 10.2 Å². The number of hydrogen-bond acceptors (Lipinski definition) is 5. The van der Waals surface area contributed by atoms with Crippen molar-refractivity contribution in [3.63, 3.8) is 0 Å². The summed E-state index contributed by atoms with van der Waals surface area (Å²) in [5, 5.41) is 27.9. The molecule has 7 nitrogen and oxygen atoms in total. The maximum Gasteiger partial charge on any atom is 0.317 e. The molecule has 0 atom stereocenters. The summed E-state index contributed by atoms with van der Waals surface area (Å²) >= 11 is 0. The fraction of sp³-hybridized carbons (Fsp3) is 0.300. The normalized spacial score (nSPS) is 11.0. The standard InChI is InChI=1S/C20H24N2O5/c23-18-8-4-7-17(11-18)13-22(15-20(26)27)10-9-21(14-19(24)25)12-16-5-2-1-3-6-16/h1-8,11,23H,9-10,12-15H2,(H,24,25)(H,26,27). The van der Waals surface area contributed by atoms with Crippen LogP contribution in [0.2, 0.25) is 0 Å². The molecule has 0 saturated carbocycles. The van der Waals surface area contributed by atoms with Gasteiger partial charge in [0, 0.05) is 26.2 Å². The van der Waals surface area contributed by atoms with E-state index in [9.17, 15) is 14.7 Å². The lowest BCUT2D eigenvalue weighted by Crippen LogP contribution is -2.39. The second-order valence-electron chi connectivity index (χ2n) is 6.36. The molecular weight excluding hydrogens is 348 g/mol. The molecule has 0 aliphatic carbocycles. The maximum absolute atomic E-state index is 11.2. The third-order valence-corrected chi connectivity index (χ3v) is 4.02. The van der Waals surface area contributed by atoms with Crippen LogP contribution in [0, 0.1) is 0 Å². The van der Waals surface area contributed by atoms with E-state index < -0.39 is 11.9 Å². The Hall–Kier alpha value is -2.90. The van der Waals surface area contributed by atoms with Crippen molar-refractivity contribution in [1.82, 2.24) is 9.80 Å². The molecule has 0 fully saturated rings. The molecule has 3 N–H and O–H groups in total. The Morgan fingerprint density at radius 3 is 1.78 bits per heavy atom. The Labute approximate surface area is 158 Å². The summed E-state index contributed by atoms with van der Waals surface area (Å²) in [7, 11) is 0. The number of carboxylic acids is 2. The van der Waals surface area contributed by atoms with Gasteiger partial charge >= 0.3 is 11.9 Å². The SMILES string of the molecule is O=C(O)CN(CCN(CC(=O)O)Cc1cccc(O)c1)Cc1ccccc1. The molecule has 7 heteroatoms. The van der Waals surface area contributed by atoms with Gasteiger partial charge in [-0.2, -0.15) is 0 Å². The van der Waals surface area contributed by atoms with E-state index >= 15 is 0 Å². The summed E-state index contributed by atoms with van der Waals surface area (Å²) in [5.41, 5.74) is 1.79. The first-order valence-corrected chi connectivity index (χ1v) is 8.62. The van der Waals surface area contributed by atoms with Gasteiger partial charge in [-0.15, -0.1) is 0 Å². The third-order valence-electron chi connectivity index (χ3n) is 4.02. The molecule has 0 bridgehead atoms. The minimum absolute atomic E-state index is 0.123. The number of aliphatic carboxylic acids is 2. The summed E-state index contributed by atoms with van der Waals surface area (Å²) in [6.07, 6.45) is 0. The zero-order chi connectivity index (χ0) is 19.6. The number of hydrogen-bond donors (Lipinski definition) is 3. The highest BCUT2D eigenvalue weighted by Crippen LogP contribution is 2.13. The van der Waals surface area contributed by atoms with Gasteiger partial charge in [-0.05, 0) is 23.3 Å². The molecule has 27 heavy (non-hydrogen) atoms. The monoisotopic (exact) mass is 372 g/mol. The van der Waals surface area contributed by atoms with Gasteiger partial charge in [-0.3, -0.25) is 19.4 Å². The highest BCUT2D eigenvalue weighted by atomic mass is 16.4. The van der Waals surface area contributed by atoms with Crippen LogP contribution in [-0.2, 0) is 22.7 Å². The molecule has 2 aromatic carbocycles. The van der Waals surface area contributed by atoms with Crippen molar-refractivity contribution in [2.75, 3.05) is 26.2 Å². The van der Waals surface area contributed by atoms with E-state index in [1.54, 1.807) is 28.0 Å². The van der Waals surface area contributed by atoms with Crippen molar-refractivity contribution in [3.8, 4) is 5.75 Å². The molecule has 2 aromatic rings. The van der Waals surface area contributed by atoms with Crippen LogP contribution in [0.4, 0.5) is 0 Å². The van der Waals surface area contributed by atoms with Crippen LogP contribution >= 0.6 is 0 Å². The van der Waals surface area contributed by atoms with Crippen LogP contribution in [0.3, 0.4) is 0 Å².